The molecular formula is C8H16N2O4S. The van der Waals surface area contributed by atoms with Crippen molar-refractivity contribution in [2.75, 3.05) is 18.6 Å². The van der Waals surface area contributed by atoms with Crippen LogP contribution >= 0.6 is 0 Å². The van der Waals surface area contributed by atoms with Crippen molar-refractivity contribution in [3.63, 3.8) is 0 Å². The van der Waals surface area contributed by atoms with Crippen molar-refractivity contribution < 1.29 is 18.9 Å². The van der Waals surface area contributed by atoms with Crippen LogP contribution in [0.2, 0.25) is 0 Å². The molecule has 0 aromatic rings. The van der Waals surface area contributed by atoms with Crippen molar-refractivity contribution in [3.8, 4) is 0 Å². The van der Waals surface area contributed by atoms with Crippen molar-refractivity contribution in [3.05, 3.63) is 0 Å². The normalized spacial score (nSPS) is 14.0. The second-order valence-corrected chi connectivity index (χ2v) is 4.65. The van der Waals surface area contributed by atoms with Gasteiger partial charge in [-0.1, -0.05) is 0 Å². The number of carbonyl (C=O) groups excluding carboxylic acids is 1. The Balaban J connectivity index is 3.58. The highest BCUT2D eigenvalue weighted by atomic mass is 32.2. The van der Waals surface area contributed by atoms with Gasteiger partial charge in [0.1, 0.15) is 6.04 Å². The van der Waals surface area contributed by atoms with Gasteiger partial charge in [0.2, 0.25) is 0 Å². The lowest BCUT2D eigenvalue weighted by atomic mass is 10.3. The molecule has 2 amide bonds. The van der Waals surface area contributed by atoms with E-state index in [1.54, 1.807) is 6.26 Å². The van der Waals surface area contributed by atoms with Gasteiger partial charge < -0.3 is 15.7 Å². The Morgan fingerprint density at radius 1 is 1.47 bits per heavy atom. The van der Waals surface area contributed by atoms with Crippen molar-refractivity contribution in [1.82, 2.24) is 10.6 Å². The number of hydrogen-bond acceptors (Lipinski definition) is 3. The van der Waals surface area contributed by atoms with E-state index < -0.39 is 28.8 Å². The Kier molecular flexibility index (Phi) is 6.68. The van der Waals surface area contributed by atoms with Crippen molar-refractivity contribution in [2.24, 2.45) is 0 Å². The molecule has 0 aliphatic carbocycles. The lowest BCUT2D eigenvalue weighted by Crippen LogP contribution is -2.44. The number of carboxylic acid groups (broad SMARTS) is 1. The maximum absolute atomic E-state index is 11.0. The first-order chi connectivity index (χ1) is 6.93. The standard InChI is InChI=1S/C8H16N2O4S/c1-6(7(11)12)10-8(13)9-4-3-5-15(2)14/h6H,3-5H2,1-2H3,(H,11,12)(H2,9,10,13). The van der Waals surface area contributed by atoms with Gasteiger partial charge in [-0.2, -0.15) is 0 Å². The predicted molar refractivity (Wildman–Crippen MR) is 57.2 cm³/mol. The fourth-order valence-electron chi connectivity index (χ4n) is 0.787. The van der Waals surface area contributed by atoms with E-state index >= 15 is 0 Å². The molecule has 0 fully saturated rings. The number of amides is 2. The highest BCUT2D eigenvalue weighted by Crippen LogP contribution is 1.83. The summed E-state index contributed by atoms with van der Waals surface area (Å²) in [4.78, 5) is 21.4. The lowest BCUT2D eigenvalue weighted by Gasteiger charge is -2.10. The molecule has 0 radical (unpaired) electrons. The van der Waals surface area contributed by atoms with Gasteiger partial charge in [-0.3, -0.25) is 9.00 Å². The summed E-state index contributed by atoms with van der Waals surface area (Å²) in [5.41, 5.74) is 0. The van der Waals surface area contributed by atoms with E-state index in [-0.39, 0.29) is 0 Å². The third-order valence-electron chi connectivity index (χ3n) is 1.61. The van der Waals surface area contributed by atoms with Gasteiger partial charge in [0.25, 0.3) is 0 Å². The number of nitrogens with one attached hydrogen (secondary N) is 2. The van der Waals surface area contributed by atoms with E-state index in [0.717, 1.165) is 0 Å². The Morgan fingerprint density at radius 2 is 2.07 bits per heavy atom. The lowest BCUT2D eigenvalue weighted by molar-refractivity contribution is -0.138. The van der Waals surface area contributed by atoms with Crippen LogP contribution < -0.4 is 10.6 Å². The molecule has 3 N–H and O–H groups in total. The minimum atomic E-state index is -1.08. The second kappa shape index (κ2) is 7.22. The molecule has 0 saturated carbocycles. The Morgan fingerprint density at radius 3 is 2.53 bits per heavy atom. The summed E-state index contributed by atoms with van der Waals surface area (Å²) in [5, 5.41) is 13.2. The molecule has 0 rings (SSSR count). The number of carboxylic acids is 1. The van der Waals surface area contributed by atoms with Crippen molar-refractivity contribution >= 4 is 22.8 Å². The molecule has 0 saturated heterocycles. The van der Waals surface area contributed by atoms with Crippen LogP contribution in [0.3, 0.4) is 0 Å². The van der Waals surface area contributed by atoms with E-state index in [0.29, 0.717) is 18.7 Å². The number of urea groups is 1. The smallest absolute Gasteiger partial charge is 0.325 e. The average Bonchev–Trinajstić information content (AvgIpc) is 2.12. The SMILES string of the molecule is CC(NC(=O)NCCCS(C)=O)C(=O)O. The highest BCUT2D eigenvalue weighted by Gasteiger charge is 2.12. The van der Waals surface area contributed by atoms with Gasteiger partial charge in [-0.25, -0.2) is 4.79 Å². The molecule has 0 heterocycles. The predicted octanol–water partition coefficient (Wildman–Crippen LogP) is -0.473. The zero-order valence-electron chi connectivity index (χ0n) is 8.78. The zero-order valence-corrected chi connectivity index (χ0v) is 9.60. The maximum Gasteiger partial charge on any atom is 0.325 e. The summed E-state index contributed by atoms with van der Waals surface area (Å²) in [7, 11) is -0.864. The van der Waals surface area contributed by atoms with Gasteiger partial charge >= 0.3 is 12.0 Å². The molecule has 2 atom stereocenters. The van der Waals surface area contributed by atoms with Gasteiger partial charge in [0, 0.05) is 29.4 Å². The summed E-state index contributed by atoms with van der Waals surface area (Å²) in [5.74, 6) is -0.561. The van der Waals surface area contributed by atoms with Gasteiger partial charge in [-0.05, 0) is 13.3 Å². The first-order valence-electron chi connectivity index (χ1n) is 4.50. The molecular weight excluding hydrogens is 220 g/mol. The van der Waals surface area contributed by atoms with Crippen molar-refractivity contribution in [1.29, 1.82) is 0 Å². The molecule has 0 spiro atoms. The van der Waals surface area contributed by atoms with Gasteiger partial charge in [-0.15, -0.1) is 0 Å². The number of carbonyl (C=O) groups is 2. The van der Waals surface area contributed by atoms with E-state index in [1.165, 1.54) is 6.92 Å². The molecule has 0 aliphatic rings. The Bertz CT molecular complexity index is 257. The maximum atomic E-state index is 11.0. The Hall–Kier alpha value is -1.11. The molecule has 88 valence electrons. The van der Waals surface area contributed by atoms with Crippen LogP contribution in [0.1, 0.15) is 13.3 Å². The first kappa shape index (κ1) is 13.9. The van der Waals surface area contributed by atoms with Crippen LogP contribution in [0.25, 0.3) is 0 Å². The molecule has 0 bridgehead atoms. The molecule has 6 nitrogen and oxygen atoms in total. The highest BCUT2D eigenvalue weighted by molar-refractivity contribution is 7.84. The number of hydrogen-bond donors (Lipinski definition) is 3. The fourth-order valence-corrected chi connectivity index (χ4v) is 1.34. The number of aliphatic carboxylic acids is 1. The first-order valence-corrected chi connectivity index (χ1v) is 6.23. The average molecular weight is 236 g/mol. The van der Waals surface area contributed by atoms with Gasteiger partial charge in [0.15, 0.2) is 0 Å². The van der Waals surface area contributed by atoms with Crippen LogP contribution in [-0.2, 0) is 15.6 Å². The molecule has 0 aromatic carbocycles. The van der Waals surface area contributed by atoms with Crippen LogP contribution in [0.15, 0.2) is 0 Å². The van der Waals surface area contributed by atoms with Crippen molar-refractivity contribution in [2.45, 2.75) is 19.4 Å². The molecule has 0 aromatic heterocycles. The molecule has 15 heavy (non-hydrogen) atoms. The van der Waals surface area contributed by atoms with E-state index in [2.05, 4.69) is 10.6 Å². The fraction of sp³-hybridized carbons (Fsp3) is 0.750. The summed E-state index contributed by atoms with van der Waals surface area (Å²) in [6.45, 7) is 1.76. The third kappa shape index (κ3) is 7.92. The molecule has 0 aliphatic heterocycles. The minimum Gasteiger partial charge on any atom is -0.480 e. The largest absolute Gasteiger partial charge is 0.480 e. The second-order valence-electron chi connectivity index (χ2n) is 3.09. The molecule has 2 unspecified atom stereocenters. The summed E-state index contributed by atoms with van der Waals surface area (Å²) in [6.07, 6.45) is 2.20. The zero-order chi connectivity index (χ0) is 11.8. The molecule has 7 heteroatoms. The minimum absolute atomic E-state index is 0.387. The Labute approximate surface area is 90.9 Å². The van der Waals surface area contributed by atoms with E-state index in [9.17, 15) is 13.8 Å². The topological polar surface area (TPSA) is 95.5 Å². The summed E-state index contributed by atoms with van der Waals surface area (Å²) >= 11 is 0. The number of rotatable bonds is 6. The monoisotopic (exact) mass is 236 g/mol. The van der Waals surface area contributed by atoms with Gasteiger partial charge in [0.05, 0.1) is 0 Å². The van der Waals surface area contributed by atoms with Crippen LogP contribution in [0, 0.1) is 0 Å². The van der Waals surface area contributed by atoms with Crippen LogP contribution in [0.4, 0.5) is 4.79 Å². The van der Waals surface area contributed by atoms with E-state index in [4.69, 9.17) is 5.11 Å². The van der Waals surface area contributed by atoms with Crippen LogP contribution in [0.5, 0.6) is 0 Å². The van der Waals surface area contributed by atoms with E-state index in [1.807, 2.05) is 0 Å². The summed E-state index contributed by atoms with van der Waals surface area (Å²) in [6, 6.07) is -1.43. The summed E-state index contributed by atoms with van der Waals surface area (Å²) < 4.78 is 10.7. The van der Waals surface area contributed by atoms with Crippen LogP contribution in [-0.4, -0.2) is 45.9 Å². The quantitative estimate of drug-likeness (QED) is 0.543. The third-order valence-corrected chi connectivity index (χ3v) is 2.48.